The Morgan fingerprint density at radius 1 is 1.17 bits per heavy atom. The Morgan fingerprint density at radius 2 is 2.00 bits per heavy atom. The molecule has 0 saturated carbocycles. The zero-order valence-corrected chi connectivity index (χ0v) is 12.8. The van der Waals surface area contributed by atoms with Crippen LogP contribution < -0.4 is 16.2 Å². The van der Waals surface area contributed by atoms with Crippen LogP contribution in [0.5, 0.6) is 0 Å². The highest BCUT2D eigenvalue weighted by molar-refractivity contribution is 6.04. The van der Waals surface area contributed by atoms with Crippen LogP contribution in [0.25, 0.3) is 0 Å². The molecule has 2 N–H and O–H groups in total. The molecule has 2 atom stereocenters. The van der Waals surface area contributed by atoms with Crippen LogP contribution in [0.1, 0.15) is 28.4 Å². The number of rotatable bonds is 2. The molecule has 1 aromatic carbocycles. The molecule has 0 spiro atoms. The van der Waals surface area contributed by atoms with Gasteiger partial charge < -0.3 is 15.2 Å². The highest BCUT2D eigenvalue weighted by atomic mass is 16.2. The van der Waals surface area contributed by atoms with Gasteiger partial charge in [0.15, 0.2) is 0 Å². The third kappa shape index (κ3) is 2.68. The second kappa shape index (κ2) is 5.66. The van der Waals surface area contributed by atoms with Gasteiger partial charge in [0.05, 0.1) is 0 Å². The van der Waals surface area contributed by atoms with Gasteiger partial charge in [0.25, 0.3) is 11.5 Å². The average molecular weight is 309 g/mol. The van der Waals surface area contributed by atoms with E-state index in [2.05, 4.69) is 10.6 Å². The van der Waals surface area contributed by atoms with Gasteiger partial charge in [-0.3, -0.25) is 9.59 Å². The zero-order chi connectivity index (χ0) is 15.8. The summed E-state index contributed by atoms with van der Waals surface area (Å²) in [5.74, 6) is 0.692. The molecule has 2 aliphatic rings. The van der Waals surface area contributed by atoms with Crippen molar-refractivity contribution in [3.8, 4) is 0 Å². The van der Waals surface area contributed by atoms with Crippen molar-refractivity contribution in [2.24, 2.45) is 5.92 Å². The molecule has 4 rings (SSSR count). The number of hydrogen-bond donors (Lipinski definition) is 2. The van der Waals surface area contributed by atoms with E-state index in [1.807, 2.05) is 28.8 Å². The molecule has 2 aliphatic heterocycles. The lowest BCUT2D eigenvalue weighted by Crippen LogP contribution is -2.44. The predicted molar refractivity (Wildman–Crippen MR) is 88.8 cm³/mol. The van der Waals surface area contributed by atoms with E-state index in [-0.39, 0.29) is 11.5 Å². The van der Waals surface area contributed by atoms with Crippen LogP contribution in [0.15, 0.2) is 47.3 Å². The van der Waals surface area contributed by atoms with Crippen molar-refractivity contribution in [2.45, 2.75) is 18.9 Å². The molecule has 1 fully saturated rings. The number of pyridine rings is 1. The Hall–Kier alpha value is -2.40. The van der Waals surface area contributed by atoms with Gasteiger partial charge in [-0.25, -0.2) is 0 Å². The first kappa shape index (κ1) is 14.2. The molecule has 5 heteroatoms. The first-order chi connectivity index (χ1) is 11.2. The maximum Gasteiger partial charge on any atom is 0.255 e. The third-order valence-corrected chi connectivity index (χ3v) is 4.75. The number of carbonyl (C=O) groups is 1. The van der Waals surface area contributed by atoms with Crippen molar-refractivity contribution in [3.63, 3.8) is 0 Å². The fourth-order valence-corrected chi connectivity index (χ4v) is 3.67. The number of aromatic nitrogens is 1. The minimum Gasteiger partial charge on any atom is -0.322 e. The Balaban J connectivity index is 1.65. The first-order valence-corrected chi connectivity index (χ1v) is 8.02. The van der Waals surface area contributed by atoms with E-state index >= 15 is 0 Å². The number of anilines is 1. The molecule has 0 radical (unpaired) electrons. The first-order valence-electron chi connectivity index (χ1n) is 8.02. The van der Waals surface area contributed by atoms with Crippen molar-refractivity contribution >= 4 is 11.6 Å². The van der Waals surface area contributed by atoms with Gasteiger partial charge >= 0.3 is 0 Å². The fraction of sp³-hybridized carbons (Fsp3) is 0.333. The highest BCUT2D eigenvalue weighted by Crippen LogP contribution is 2.32. The van der Waals surface area contributed by atoms with Crippen LogP contribution in [0.4, 0.5) is 5.69 Å². The standard InChI is InChI=1S/C18H19N3O2/c22-17-8-15(20-18(23)13-4-2-1-3-5-13)7-16-14-6-12(9-19-10-14)11-21(16)17/h1-5,7-8,12,14,19H,6,9-11H2,(H,20,23)/t12-,14+/m0/s1. The van der Waals surface area contributed by atoms with E-state index < -0.39 is 0 Å². The van der Waals surface area contributed by atoms with Crippen molar-refractivity contribution in [2.75, 3.05) is 18.4 Å². The highest BCUT2D eigenvalue weighted by Gasteiger charge is 2.31. The van der Waals surface area contributed by atoms with Crippen molar-refractivity contribution in [3.05, 3.63) is 64.1 Å². The molecule has 118 valence electrons. The van der Waals surface area contributed by atoms with Gasteiger partial charge in [-0.05, 0) is 37.1 Å². The summed E-state index contributed by atoms with van der Waals surface area (Å²) in [5, 5.41) is 6.28. The molecular weight excluding hydrogens is 290 g/mol. The second-order valence-corrected chi connectivity index (χ2v) is 6.39. The van der Waals surface area contributed by atoms with Gasteiger partial charge in [0.2, 0.25) is 0 Å². The van der Waals surface area contributed by atoms with Gasteiger partial charge in [-0.1, -0.05) is 18.2 Å². The molecule has 23 heavy (non-hydrogen) atoms. The molecule has 2 aromatic rings. The summed E-state index contributed by atoms with van der Waals surface area (Å²) < 4.78 is 1.87. The number of amides is 1. The number of hydrogen-bond acceptors (Lipinski definition) is 3. The number of nitrogens with one attached hydrogen (secondary N) is 2. The van der Waals surface area contributed by atoms with Crippen molar-refractivity contribution in [1.29, 1.82) is 0 Å². The minimum absolute atomic E-state index is 0.0255. The fourth-order valence-electron chi connectivity index (χ4n) is 3.67. The summed E-state index contributed by atoms with van der Waals surface area (Å²) >= 11 is 0. The smallest absolute Gasteiger partial charge is 0.255 e. The van der Waals surface area contributed by atoms with Gasteiger partial charge in [0, 0.05) is 42.0 Å². The molecule has 1 aromatic heterocycles. The predicted octanol–water partition coefficient (Wildman–Crippen LogP) is 1.81. The Morgan fingerprint density at radius 3 is 2.83 bits per heavy atom. The summed E-state index contributed by atoms with van der Waals surface area (Å²) in [5.41, 5.74) is 2.18. The van der Waals surface area contributed by atoms with Gasteiger partial charge in [-0.15, -0.1) is 0 Å². The van der Waals surface area contributed by atoms with Gasteiger partial charge in [0.1, 0.15) is 0 Å². The monoisotopic (exact) mass is 309 g/mol. The normalized spacial score (nSPS) is 22.3. The van der Waals surface area contributed by atoms with E-state index in [1.54, 1.807) is 12.1 Å². The average Bonchev–Trinajstić information content (AvgIpc) is 2.57. The molecular formula is C18H19N3O2. The molecule has 0 unspecified atom stereocenters. The van der Waals surface area contributed by atoms with Crippen molar-refractivity contribution < 1.29 is 4.79 Å². The lowest BCUT2D eigenvalue weighted by Gasteiger charge is -2.37. The Bertz CT molecular complexity index is 798. The SMILES string of the molecule is O=C(Nc1cc2n(c(=O)c1)C[C@@H]1CNC[C@H]2C1)c1ccccc1. The Kier molecular flexibility index (Phi) is 3.50. The molecule has 0 aliphatic carbocycles. The van der Waals surface area contributed by atoms with Crippen LogP contribution in [-0.4, -0.2) is 23.6 Å². The lowest BCUT2D eigenvalue weighted by atomic mass is 9.84. The molecule has 5 nitrogen and oxygen atoms in total. The lowest BCUT2D eigenvalue weighted by molar-refractivity contribution is 0.102. The van der Waals surface area contributed by atoms with Gasteiger partial charge in [-0.2, -0.15) is 0 Å². The molecule has 1 amide bonds. The summed E-state index contributed by atoms with van der Waals surface area (Å²) in [4.78, 5) is 24.7. The van der Waals surface area contributed by atoms with Crippen LogP contribution in [0.3, 0.4) is 0 Å². The van der Waals surface area contributed by atoms with Crippen LogP contribution in [0, 0.1) is 5.92 Å². The summed E-state index contributed by atoms with van der Waals surface area (Å²) in [6, 6.07) is 12.5. The Labute approximate surface area is 134 Å². The number of benzene rings is 1. The number of nitrogens with zero attached hydrogens (tertiary/aromatic N) is 1. The van der Waals surface area contributed by atoms with E-state index in [4.69, 9.17) is 0 Å². The minimum atomic E-state index is -0.189. The van der Waals surface area contributed by atoms with Crippen LogP contribution in [0.2, 0.25) is 0 Å². The van der Waals surface area contributed by atoms with E-state index in [0.717, 1.165) is 31.7 Å². The number of fused-ring (bicyclic) bond motifs is 4. The summed E-state index contributed by atoms with van der Waals surface area (Å²) in [7, 11) is 0. The second-order valence-electron chi connectivity index (χ2n) is 6.39. The third-order valence-electron chi connectivity index (χ3n) is 4.75. The summed E-state index contributed by atoms with van der Waals surface area (Å²) in [6.45, 7) is 2.64. The number of piperidine rings is 1. The topological polar surface area (TPSA) is 63.1 Å². The van der Waals surface area contributed by atoms with E-state index in [1.165, 1.54) is 6.07 Å². The van der Waals surface area contributed by atoms with E-state index in [9.17, 15) is 9.59 Å². The van der Waals surface area contributed by atoms with E-state index in [0.29, 0.717) is 23.1 Å². The van der Waals surface area contributed by atoms with Crippen LogP contribution in [-0.2, 0) is 6.54 Å². The maximum absolute atomic E-state index is 12.4. The molecule has 2 bridgehead atoms. The maximum atomic E-state index is 12.4. The van der Waals surface area contributed by atoms with Crippen LogP contribution >= 0.6 is 0 Å². The summed E-state index contributed by atoms with van der Waals surface area (Å²) in [6.07, 6.45) is 1.11. The molecule has 1 saturated heterocycles. The van der Waals surface area contributed by atoms with Crippen molar-refractivity contribution in [1.82, 2.24) is 9.88 Å². The molecule has 3 heterocycles. The largest absolute Gasteiger partial charge is 0.322 e. The number of carbonyl (C=O) groups excluding carboxylic acids is 1. The quantitative estimate of drug-likeness (QED) is 0.889. The zero-order valence-electron chi connectivity index (χ0n) is 12.8.